The van der Waals surface area contributed by atoms with Gasteiger partial charge in [-0.2, -0.15) is 0 Å². The normalized spacial score (nSPS) is 13.2. The molecule has 1 aromatic heterocycles. The zero-order valence-electron chi connectivity index (χ0n) is 17.6. The Morgan fingerprint density at radius 1 is 1.03 bits per heavy atom. The summed E-state index contributed by atoms with van der Waals surface area (Å²) in [6, 6.07) is 16.8. The monoisotopic (exact) mass is 445 g/mol. The van der Waals surface area contributed by atoms with Gasteiger partial charge in [-0.25, -0.2) is 0 Å². The number of amides is 3. The highest BCUT2D eigenvalue weighted by molar-refractivity contribution is 7.17. The van der Waals surface area contributed by atoms with Crippen molar-refractivity contribution < 1.29 is 14.4 Å². The molecule has 0 saturated heterocycles. The SMILES string of the molecule is Cc1sc(NC(=O)/C=C/c2ccc(C(=O)NC3CC3)cc2)c(C(N)=O)c1-c1ccccc1. The van der Waals surface area contributed by atoms with E-state index in [1.807, 2.05) is 37.3 Å². The van der Waals surface area contributed by atoms with E-state index >= 15 is 0 Å². The van der Waals surface area contributed by atoms with Gasteiger partial charge < -0.3 is 16.4 Å². The number of carbonyl (C=O) groups excluding carboxylic acids is 3. The number of primary amides is 1. The van der Waals surface area contributed by atoms with Gasteiger partial charge in [0.15, 0.2) is 0 Å². The second kappa shape index (κ2) is 9.20. The highest BCUT2D eigenvalue weighted by atomic mass is 32.1. The largest absolute Gasteiger partial charge is 0.365 e. The molecule has 0 aliphatic heterocycles. The molecule has 6 nitrogen and oxygen atoms in total. The van der Waals surface area contributed by atoms with Crippen LogP contribution in [0.4, 0.5) is 5.00 Å². The van der Waals surface area contributed by atoms with Gasteiger partial charge in [0.25, 0.3) is 11.8 Å². The van der Waals surface area contributed by atoms with Crippen LogP contribution in [0.5, 0.6) is 0 Å². The van der Waals surface area contributed by atoms with E-state index in [1.165, 1.54) is 17.4 Å². The van der Waals surface area contributed by atoms with E-state index in [2.05, 4.69) is 10.6 Å². The van der Waals surface area contributed by atoms with Crippen LogP contribution in [0.25, 0.3) is 17.2 Å². The molecule has 1 aliphatic carbocycles. The van der Waals surface area contributed by atoms with E-state index in [1.54, 1.807) is 30.3 Å². The first-order valence-electron chi connectivity index (χ1n) is 10.3. The molecule has 1 heterocycles. The summed E-state index contributed by atoms with van der Waals surface area (Å²) in [5.41, 5.74) is 8.94. The Kier molecular flexibility index (Phi) is 6.18. The van der Waals surface area contributed by atoms with Crippen LogP contribution in [0.3, 0.4) is 0 Å². The zero-order valence-corrected chi connectivity index (χ0v) is 18.4. The van der Waals surface area contributed by atoms with Crippen LogP contribution < -0.4 is 16.4 Å². The summed E-state index contributed by atoms with van der Waals surface area (Å²) >= 11 is 1.32. The van der Waals surface area contributed by atoms with Crippen LogP contribution in [-0.4, -0.2) is 23.8 Å². The molecule has 3 amide bonds. The first-order chi connectivity index (χ1) is 15.4. The van der Waals surface area contributed by atoms with Crippen molar-refractivity contribution in [3.8, 4) is 11.1 Å². The van der Waals surface area contributed by atoms with Gasteiger partial charge in [-0.3, -0.25) is 14.4 Å². The Morgan fingerprint density at radius 3 is 2.34 bits per heavy atom. The minimum Gasteiger partial charge on any atom is -0.365 e. The van der Waals surface area contributed by atoms with Gasteiger partial charge in [0, 0.05) is 28.1 Å². The summed E-state index contributed by atoms with van der Waals surface area (Å²) in [7, 11) is 0. The van der Waals surface area contributed by atoms with Gasteiger partial charge >= 0.3 is 0 Å². The van der Waals surface area contributed by atoms with E-state index in [0.29, 0.717) is 22.2 Å². The standard InChI is InChI=1S/C25H23N3O3S/c1-15-21(17-5-3-2-4-6-17)22(23(26)30)25(32-15)28-20(29)14-9-16-7-10-18(11-8-16)24(31)27-19-12-13-19/h2-11,14,19H,12-13H2,1H3,(H2,26,30)(H,27,31)(H,28,29)/b14-9+. The van der Waals surface area contributed by atoms with E-state index in [0.717, 1.165) is 34.4 Å². The van der Waals surface area contributed by atoms with Crippen molar-refractivity contribution in [1.29, 1.82) is 0 Å². The Labute approximate surface area is 190 Å². The maximum Gasteiger partial charge on any atom is 0.252 e. The van der Waals surface area contributed by atoms with Crippen LogP contribution in [-0.2, 0) is 4.79 Å². The van der Waals surface area contributed by atoms with Crippen LogP contribution >= 0.6 is 11.3 Å². The number of nitrogens with two attached hydrogens (primary N) is 1. The van der Waals surface area contributed by atoms with Gasteiger partial charge in [0.05, 0.1) is 5.56 Å². The predicted molar refractivity (Wildman–Crippen MR) is 128 cm³/mol. The quantitative estimate of drug-likeness (QED) is 0.471. The molecule has 1 fully saturated rings. The molecule has 1 saturated carbocycles. The Hall–Kier alpha value is -3.71. The van der Waals surface area contributed by atoms with Crippen molar-refractivity contribution in [1.82, 2.24) is 5.32 Å². The molecular formula is C25H23N3O3S. The van der Waals surface area contributed by atoms with Crippen LogP contribution in [0.15, 0.2) is 60.7 Å². The van der Waals surface area contributed by atoms with Crippen molar-refractivity contribution in [2.45, 2.75) is 25.8 Å². The van der Waals surface area contributed by atoms with E-state index in [9.17, 15) is 14.4 Å². The second-order valence-corrected chi connectivity index (χ2v) is 8.88. The molecule has 3 aromatic rings. The van der Waals surface area contributed by atoms with Gasteiger partial charge in [-0.15, -0.1) is 11.3 Å². The molecule has 0 unspecified atom stereocenters. The second-order valence-electron chi connectivity index (χ2n) is 7.66. The number of nitrogens with one attached hydrogen (secondary N) is 2. The van der Waals surface area contributed by atoms with Gasteiger partial charge in [-0.05, 0) is 49.1 Å². The van der Waals surface area contributed by atoms with Crippen LogP contribution in [0.2, 0.25) is 0 Å². The third kappa shape index (κ3) is 4.95. The molecule has 4 N–H and O–H groups in total. The number of hydrogen-bond acceptors (Lipinski definition) is 4. The fraction of sp³-hybridized carbons (Fsp3) is 0.160. The van der Waals surface area contributed by atoms with Crippen molar-refractivity contribution >= 4 is 40.1 Å². The molecule has 162 valence electrons. The average Bonchev–Trinajstić information content (AvgIpc) is 3.53. The van der Waals surface area contributed by atoms with E-state index in [-0.39, 0.29) is 11.8 Å². The number of thiophene rings is 1. The molecule has 0 radical (unpaired) electrons. The summed E-state index contributed by atoms with van der Waals surface area (Å²) in [6.45, 7) is 1.89. The molecule has 1 aliphatic rings. The van der Waals surface area contributed by atoms with Crippen molar-refractivity contribution in [2.24, 2.45) is 5.73 Å². The lowest BCUT2D eigenvalue weighted by Gasteiger charge is -2.06. The smallest absolute Gasteiger partial charge is 0.252 e. The summed E-state index contributed by atoms with van der Waals surface area (Å²) < 4.78 is 0. The third-order valence-corrected chi connectivity index (χ3v) is 6.16. The lowest BCUT2D eigenvalue weighted by Crippen LogP contribution is -2.25. The van der Waals surface area contributed by atoms with Gasteiger partial charge in [-0.1, -0.05) is 42.5 Å². The van der Waals surface area contributed by atoms with Crippen molar-refractivity contribution in [3.05, 3.63) is 82.2 Å². The van der Waals surface area contributed by atoms with Crippen molar-refractivity contribution in [2.75, 3.05) is 5.32 Å². The number of carbonyl (C=O) groups is 3. The Bertz CT molecular complexity index is 1190. The highest BCUT2D eigenvalue weighted by Gasteiger charge is 2.24. The predicted octanol–water partition coefficient (Wildman–Crippen LogP) is 4.37. The van der Waals surface area contributed by atoms with Gasteiger partial charge in [0.1, 0.15) is 5.00 Å². The van der Waals surface area contributed by atoms with E-state index in [4.69, 9.17) is 5.73 Å². The minimum atomic E-state index is -0.590. The first-order valence-corrected chi connectivity index (χ1v) is 11.1. The maximum atomic E-state index is 12.5. The lowest BCUT2D eigenvalue weighted by molar-refractivity contribution is -0.111. The molecular weight excluding hydrogens is 422 g/mol. The number of aryl methyl sites for hydroxylation is 1. The Morgan fingerprint density at radius 2 is 1.72 bits per heavy atom. The molecule has 4 rings (SSSR count). The summed E-state index contributed by atoms with van der Waals surface area (Å²) in [5, 5.41) is 6.15. The van der Waals surface area contributed by atoms with Gasteiger partial charge in [0.2, 0.25) is 5.91 Å². The molecule has 0 bridgehead atoms. The fourth-order valence-electron chi connectivity index (χ4n) is 3.39. The zero-order chi connectivity index (χ0) is 22.7. The fourth-order valence-corrected chi connectivity index (χ4v) is 4.47. The average molecular weight is 446 g/mol. The molecule has 0 spiro atoms. The number of hydrogen-bond donors (Lipinski definition) is 3. The summed E-state index contributed by atoms with van der Waals surface area (Å²) in [5.74, 6) is -1.04. The number of benzene rings is 2. The maximum absolute atomic E-state index is 12.5. The molecule has 0 atom stereocenters. The first kappa shape index (κ1) is 21.5. The number of anilines is 1. The van der Waals surface area contributed by atoms with Crippen LogP contribution in [0, 0.1) is 6.92 Å². The van der Waals surface area contributed by atoms with Crippen molar-refractivity contribution in [3.63, 3.8) is 0 Å². The van der Waals surface area contributed by atoms with Crippen LogP contribution in [0.1, 0.15) is 44.0 Å². The lowest BCUT2D eigenvalue weighted by atomic mass is 10.0. The molecule has 32 heavy (non-hydrogen) atoms. The minimum absolute atomic E-state index is 0.0814. The summed E-state index contributed by atoms with van der Waals surface area (Å²) in [4.78, 5) is 37.6. The topological polar surface area (TPSA) is 101 Å². The third-order valence-electron chi connectivity index (χ3n) is 5.14. The highest BCUT2D eigenvalue weighted by Crippen LogP contribution is 2.39. The molecule has 7 heteroatoms. The molecule has 2 aromatic carbocycles. The van der Waals surface area contributed by atoms with E-state index < -0.39 is 5.91 Å². The summed E-state index contributed by atoms with van der Waals surface area (Å²) in [6.07, 6.45) is 5.12. The number of rotatable bonds is 7. The Balaban J connectivity index is 1.47.